The fourth-order valence-corrected chi connectivity index (χ4v) is 1.13. The molecule has 1 unspecified atom stereocenters. The Kier molecular flexibility index (Phi) is 6.15. The van der Waals surface area contributed by atoms with Gasteiger partial charge in [0, 0.05) is 0 Å². The van der Waals surface area contributed by atoms with Crippen LogP contribution in [0.2, 0.25) is 0 Å². The molecule has 0 bridgehead atoms. The molecule has 2 nitrogen and oxygen atoms in total. The Balaban J connectivity index is 4.14. The first-order valence-corrected chi connectivity index (χ1v) is 4.62. The van der Waals surface area contributed by atoms with Crippen LogP contribution in [0, 0.1) is 5.92 Å². The van der Waals surface area contributed by atoms with Crippen LogP contribution in [0.3, 0.4) is 0 Å². The Morgan fingerprint density at radius 1 is 1.54 bits per heavy atom. The third-order valence-electron chi connectivity index (χ3n) is 1.80. The van der Waals surface area contributed by atoms with Gasteiger partial charge in [0.05, 0.1) is 6.04 Å². The predicted molar refractivity (Wildman–Crippen MR) is 56.6 cm³/mol. The molecular formula is C11H19NO. The monoisotopic (exact) mass is 181 g/mol. The molecule has 0 aliphatic rings. The highest BCUT2D eigenvalue weighted by Crippen LogP contribution is 2.05. The normalized spacial score (nSPS) is 13.5. The Labute approximate surface area is 80.7 Å². The zero-order valence-electron chi connectivity index (χ0n) is 8.71. The summed E-state index contributed by atoms with van der Waals surface area (Å²) < 4.78 is 0. The van der Waals surface area contributed by atoms with Crippen molar-refractivity contribution in [2.75, 3.05) is 7.05 Å². The summed E-state index contributed by atoms with van der Waals surface area (Å²) in [5.41, 5.74) is 0. The number of allylic oxidation sites excluding steroid dienone is 2. The van der Waals surface area contributed by atoms with Crippen LogP contribution in [0.1, 0.15) is 20.3 Å². The van der Waals surface area contributed by atoms with Gasteiger partial charge in [-0.3, -0.25) is 4.79 Å². The van der Waals surface area contributed by atoms with Crippen LogP contribution in [0.4, 0.5) is 0 Å². The van der Waals surface area contributed by atoms with Gasteiger partial charge in [-0.15, -0.1) is 0 Å². The minimum atomic E-state index is -0.0591. The minimum absolute atomic E-state index is 0.0591. The lowest BCUT2D eigenvalue weighted by atomic mass is 10.0. The molecule has 1 atom stereocenters. The lowest BCUT2D eigenvalue weighted by molar-refractivity contribution is -0.116. The maximum absolute atomic E-state index is 11.5. The van der Waals surface area contributed by atoms with Crippen LogP contribution >= 0.6 is 0 Å². The van der Waals surface area contributed by atoms with E-state index in [2.05, 4.69) is 25.7 Å². The number of ketones is 1. The topological polar surface area (TPSA) is 29.1 Å². The standard InChI is InChI=1S/C11H19NO/c1-5-6-7-11(13)10(12-4)8-9(2)3/h5-7,9-10,12H,1,8H2,2-4H3/b7-6+. The smallest absolute Gasteiger partial charge is 0.172 e. The molecule has 0 aromatic rings. The third kappa shape index (κ3) is 5.36. The lowest BCUT2D eigenvalue weighted by Gasteiger charge is -2.14. The molecule has 0 amide bonds. The SMILES string of the molecule is C=C/C=C/C(=O)C(CC(C)C)NC. The van der Waals surface area contributed by atoms with Crippen molar-refractivity contribution in [3.8, 4) is 0 Å². The van der Waals surface area contributed by atoms with Gasteiger partial charge in [0.25, 0.3) is 0 Å². The highest BCUT2D eigenvalue weighted by atomic mass is 16.1. The van der Waals surface area contributed by atoms with E-state index in [0.29, 0.717) is 5.92 Å². The van der Waals surface area contributed by atoms with Crippen LogP contribution in [0.15, 0.2) is 24.8 Å². The molecule has 0 saturated carbocycles. The number of nitrogens with one attached hydrogen (secondary N) is 1. The molecule has 0 aliphatic carbocycles. The van der Waals surface area contributed by atoms with Gasteiger partial charge in [-0.05, 0) is 25.5 Å². The molecule has 74 valence electrons. The fraction of sp³-hybridized carbons (Fsp3) is 0.545. The van der Waals surface area contributed by atoms with E-state index in [1.165, 1.54) is 0 Å². The number of rotatable bonds is 6. The van der Waals surface area contributed by atoms with E-state index < -0.39 is 0 Å². The van der Waals surface area contributed by atoms with Crippen LogP contribution in [-0.4, -0.2) is 18.9 Å². The van der Waals surface area contributed by atoms with Crippen molar-refractivity contribution in [3.63, 3.8) is 0 Å². The molecule has 13 heavy (non-hydrogen) atoms. The predicted octanol–water partition coefficient (Wildman–Crippen LogP) is 1.93. The first kappa shape index (κ1) is 12.1. The van der Waals surface area contributed by atoms with Gasteiger partial charge in [0.15, 0.2) is 5.78 Å². The van der Waals surface area contributed by atoms with E-state index >= 15 is 0 Å². The molecule has 0 aromatic carbocycles. The Morgan fingerprint density at radius 3 is 2.54 bits per heavy atom. The summed E-state index contributed by atoms with van der Waals surface area (Å²) in [4.78, 5) is 11.5. The minimum Gasteiger partial charge on any atom is -0.310 e. The van der Waals surface area contributed by atoms with Crippen LogP contribution in [0.5, 0.6) is 0 Å². The van der Waals surface area contributed by atoms with E-state index in [4.69, 9.17) is 0 Å². The lowest BCUT2D eigenvalue weighted by Crippen LogP contribution is -2.34. The first-order chi connectivity index (χ1) is 6.11. The number of carbonyl (C=O) groups is 1. The highest BCUT2D eigenvalue weighted by Gasteiger charge is 2.14. The summed E-state index contributed by atoms with van der Waals surface area (Å²) in [5.74, 6) is 0.648. The molecular weight excluding hydrogens is 162 g/mol. The summed E-state index contributed by atoms with van der Waals surface area (Å²) in [5, 5.41) is 3.01. The Hall–Kier alpha value is -0.890. The van der Waals surface area contributed by atoms with E-state index in [1.54, 1.807) is 18.2 Å². The van der Waals surface area contributed by atoms with Crippen molar-refractivity contribution in [3.05, 3.63) is 24.8 Å². The van der Waals surface area contributed by atoms with Crippen molar-refractivity contribution in [1.29, 1.82) is 0 Å². The first-order valence-electron chi connectivity index (χ1n) is 4.62. The fourth-order valence-electron chi connectivity index (χ4n) is 1.13. The molecule has 0 fully saturated rings. The van der Waals surface area contributed by atoms with Crippen molar-refractivity contribution in [1.82, 2.24) is 5.32 Å². The summed E-state index contributed by atoms with van der Waals surface area (Å²) in [6.45, 7) is 7.73. The van der Waals surface area contributed by atoms with Gasteiger partial charge in [-0.2, -0.15) is 0 Å². The molecule has 1 N–H and O–H groups in total. The van der Waals surface area contributed by atoms with Gasteiger partial charge in [-0.25, -0.2) is 0 Å². The van der Waals surface area contributed by atoms with E-state index in [1.807, 2.05) is 7.05 Å². The largest absolute Gasteiger partial charge is 0.310 e. The van der Waals surface area contributed by atoms with Crippen LogP contribution in [0.25, 0.3) is 0 Å². The molecule has 0 rings (SSSR count). The number of carbonyl (C=O) groups excluding carboxylic acids is 1. The van der Waals surface area contributed by atoms with Gasteiger partial charge >= 0.3 is 0 Å². The van der Waals surface area contributed by atoms with Crippen LogP contribution < -0.4 is 5.32 Å². The molecule has 2 heteroatoms. The number of likely N-dealkylation sites (N-methyl/N-ethyl adjacent to an activating group) is 1. The molecule has 0 saturated heterocycles. The quantitative estimate of drug-likeness (QED) is 0.501. The maximum Gasteiger partial charge on any atom is 0.172 e. The van der Waals surface area contributed by atoms with Crippen molar-refractivity contribution < 1.29 is 4.79 Å². The van der Waals surface area contributed by atoms with E-state index in [0.717, 1.165) is 6.42 Å². The van der Waals surface area contributed by atoms with E-state index in [-0.39, 0.29) is 11.8 Å². The summed E-state index contributed by atoms with van der Waals surface area (Å²) in [6.07, 6.45) is 5.72. The number of hydrogen-bond donors (Lipinski definition) is 1. The molecule has 0 aliphatic heterocycles. The van der Waals surface area contributed by atoms with Crippen molar-refractivity contribution in [2.45, 2.75) is 26.3 Å². The van der Waals surface area contributed by atoms with Gasteiger partial charge < -0.3 is 5.32 Å². The van der Waals surface area contributed by atoms with Crippen LogP contribution in [-0.2, 0) is 4.79 Å². The third-order valence-corrected chi connectivity index (χ3v) is 1.80. The van der Waals surface area contributed by atoms with Crippen molar-refractivity contribution >= 4 is 5.78 Å². The average Bonchev–Trinajstić information content (AvgIpc) is 2.09. The van der Waals surface area contributed by atoms with Gasteiger partial charge in [-0.1, -0.05) is 32.6 Å². The van der Waals surface area contributed by atoms with E-state index in [9.17, 15) is 4.79 Å². The summed E-state index contributed by atoms with van der Waals surface area (Å²) in [7, 11) is 1.81. The maximum atomic E-state index is 11.5. The zero-order chi connectivity index (χ0) is 10.3. The highest BCUT2D eigenvalue weighted by molar-refractivity contribution is 5.94. The van der Waals surface area contributed by atoms with Crippen molar-refractivity contribution in [2.24, 2.45) is 5.92 Å². The molecule has 0 aromatic heterocycles. The molecule has 0 spiro atoms. The molecule has 0 heterocycles. The zero-order valence-corrected chi connectivity index (χ0v) is 8.71. The second kappa shape index (κ2) is 6.61. The summed E-state index contributed by atoms with van der Waals surface area (Å²) in [6, 6.07) is -0.0591. The Bertz CT molecular complexity index is 194. The number of hydrogen-bond acceptors (Lipinski definition) is 2. The second-order valence-electron chi connectivity index (χ2n) is 3.47. The van der Waals surface area contributed by atoms with Gasteiger partial charge in [0.2, 0.25) is 0 Å². The molecule has 0 radical (unpaired) electrons. The van der Waals surface area contributed by atoms with Gasteiger partial charge in [0.1, 0.15) is 0 Å². The Morgan fingerprint density at radius 2 is 2.15 bits per heavy atom. The average molecular weight is 181 g/mol. The summed E-state index contributed by atoms with van der Waals surface area (Å²) >= 11 is 0. The second-order valence-corrected chi connectivity index (χ2v) is 3.47.